The summed E-state index contributed by atoms with van der Waals surface area (Å²) < 4.78 is 26.9. The molecule has 1 aliphatic rings. The lowest BCUT2D eigenvalue weighted by molar-refractivity contribution is -0.384. The summed E-state index contributed by atoms with van der Waals surface area (Å²) in [5.41, 5.74) is 1.15. The number of benzene rings is 2. The number of hydrogen-bond donors (Lipinski definition) is 1. The van der Waals surface area contributed by atoms with E-state index in [1.165, 1.54) is 16.4 Å². The zero-order valence-corrected chi connectivity index (χ0v) is 17.4. The second-order valence-corrected chi connectivity index (χ2v) is 9.26. The minimum atomic E-state index is -3.71. The highest BCUT2D eigenvalue weighted by atomic mass is 32.2. The fourth-order valence-electron chi connectivity index (χ4n) is 3.53. The molecule has 29 heavy (non-hydrogen) atoms. The van der Waals surface area contributed by atoms with Crippen LogP contribution in [-0.2, 0) is 10.0 Å². The highest BCUT2D eigenvalue weighted by Gasteiger charge is 2.29. The van der Waals surface area contributed by atoms with Crippen LogP contribution >= 0.6 is 0 Å². The molecular weight excluding hydrogens is 392 g/mol. The molecule has 8 nitrogen and oxygen atoms in total. The second kappa shape index (κ2) is 8.89. The molecule has 0 spiro atoms. The Morgan fingerprint density at radius 2 is 1.79 bits per heavy atom. The van der Waals surface area contributed by atoms with Crippen molar-refractivity contribution in [2.75, 3.05) is 39.0 Å². The van der Waals surface area contributed by atoms with Gasteiger partial charge in [0, 0.05) is 25.7 Å². The summed E-state index contributed by atoms with van der Waals surface area (Å²) >= 11 is 0. The summed E-state index contributed by atoms with van der Waals surface area (Å²) in [6, 6.07) is 13.9. The number of hydrogen-bond acceptors (Lipinski definition) is 6. The monoisotopic (exact) mass is 418 g/mol. The molecule has 1 atom stereocenters. The fraction of sp³-hybridized carbons (Fsp3) is 0.400. The zero-order chi connectivity index (χ0) is 21.0. The van der Waals surface area contributed by atoms with Crippen LogP contribution in [-0.4, -0.2) is 56.3 Å². The summed E-state index contributed by atoms with van der Waals surface area (Å²) in [5, 5.41) is 14.7. The molecule has 3 rings (SSSR count). The average molecular weight is 419 g/mol. The third-order valence-corrected chi connectivity index (χ3v) is 7.06. The van der Waals surface area contributed by atoms with Crippen molar-refractivity contribution in [2.24, 2.45) is 0 Å². The molecule has 0 amide bonds. The van der Waals surface area contributed by atoms with E-state index in [0.717, 1.165) is 24.5 Å². The van der Waals surface area contributed by atoms with Crippen LogP contribution in [0.3, 0.4) is 0 Å². The number of anilines is 1. The normalized spacial score (nSPS) is 16.1. The predicted octanol–water partition coefficient (Wildman–Crippen LogP) is 3.09. The SMILES string of the molecule is CN(C)[C@H](CNc1ccc(S(=O)(=O)N2CCCC2)cc1[N+](=O)[O-])c1ccccc1. The Bertz CT molecular complexity index is 958. The molecule has 1 fully saturated rings. The maximum absolute atomic E-state index is 12.7. The molecule has 0 unspecified atom stereocenters. The molecule has 9 heteroatoms. The molecule has 0 bridgehead atoms. The van der Waals surface area contributed by atoms with Gasteiger partial charge >= 0.3 is 0 Å². The third kappa shape index (κ3) is 4.75. The number of rotatable bonds is 8. The largest absolute Gasteiger partial charge is 0.378 e. The first kappa shape index (κ1) is 21.2. The lowest BCUT2D eigenvalue weighted by Gasteiger charge is -2.25. The van der Waals surface area contributed by atoms with E-state index in [1.807, 2.05) is 49.3 Å². The maximum atomic E-state index is 12.7. The van der Waals surface area contributed by atoms with Crippen molar-refractivity contribution < 1.29 is 13.3 Å². The highest BCUT2D eigenvalue weighted by Crippen LogP contribution is 2.31. The Balaban J connectivity index is 1.85. The van der Waals surface area contributed by atoms with Crippen LogP contribution in [0.25, 0.3) is 0 Å². The number of sulfonamides is 1. The number of nitrogens with one attached hydrogen (secondary N) is 1. The van der Waals surface area contributed by atoms with Crippen molar-refractivity contribution in [1.29, 1.82) is 0 Å². The zero-order valence-electron chi connectivity index (χ0n) is 16.6. The van der Waals surface area contributed by atoms with E-state index in [9.17, 15) is 18.5 Å². The van der Waals surface area contributed by atoms with Gasteiger partial charge in [-0.15, -0.1) is 0 Å². The molecular formula is C20H26N4O4S. The van der Waals surface area contributed by atoms with Crippen LogP contribution in [0.5, 0.6) is 0 Å². The molecule has 1 heterocycles. The molecule has 0 saturated carbocycles. The van der Waals surface area contributed by atoms with Crippen LogP contribution in [0.1, 0.15) is 24.4 Å². The molecule has 156 valence electrons. The van der Waals surface area contributed by atoms with E-state index in [-0.39, 0.29) is 16.6 Å². The van der Waals surface area contributed by atoms with Gasteiger partial charge in [-0.1, -0.05) is 30.3 Å². The molecule has 1 saturated heterocycles. The van der Waals surface area contributed by atoms with Crippen molar-refractivity contribution >= 4 is 21.4 Å². The number of likely N-dealkylation sites (N-methyl/N-ethyl adjacent to an activating group) is 1. The van der Waals surface area contributed by atoms with E-state index < -0.39 is 14.9 Å². The van der Waals surface area contributed by atoms with Crippen molar-refractivity contribution in [3.63, 3.8) is 0 Å². The van der Waals surface area contributed by atoms with Gasteiger partial charge in [-0.05, 0) is 44.6 Å². The predicted molar refractivity (Wildman–Crippen MR) is 112 cm³/mol. The van der Waals surface area contributed by atoms with Gasteiger partial charge in [0.25, 0.3) is 5.69 Å². The molecule has 0 aliphatic carbocycles. The Labute approximate surface area is 171 Å². The van der Waals surface area contributed by atoms with E-state index >= 15 is 0 Å². The average Bonchev–Trinajstić information content (AvgIpc) is 3.24. The van der Waals surface area contributed by atoms with Crippen LogP contribution in [0, 0.1) is 10.1 Å². The summed E-state index contributed by atoms with van der Waals surface area (Å²) in [6.07, 6.45) is 1.62. The van der Waals surface area contributed by atoms with E-state index in [0.29, 0.717) is 25.3 Å². The summed E-state index contributed by atoms with van der Waals surface area (Å²) in [5.74, 6) is 0. The molecule has 2 aromatic carbocycles. The van der Waals surface area contributed by atoms with Crippen molar-refractivity contribution in [1.82, 2.24) is 9.21 Å². The first-order valence-electron chi connectivity index (χ1n) is 9.54. The molecule has 0 radical (unpaired) electrons. The Kier molecular flexibility index (Phi) is 6.51. The fourth-order valence-corrected chi connectivity index (χ4v) is 5.07. The Hall–Kier alpha value is -2.49. The summed E-state index contributed by atoms with van der Waals surface area (Å²) in [6.45, 7) is 1.35. The van der Waals surface area contributed by atoms with E-state index in [1.54, 1.807) is 0 Å². The van der Waals surface area contributed by atoms with E-state index in [4.69, 9.17) is 0 Å². The van der Waals surface area contributed by atoms with Gasteiger partial charge < -0.3 is 10.2 Å². The molecule has 0 aromatic heterocycles. The Morgan fingerprint density at radius 1 is 1.14 bits per heavy atom. The minimum absolute atomic E-state index is 0.00353. The Morgan fingerprint density at radius 3 is 2.38 bits per heavy atom. The lowest BCUT2D eigenvalue weighted by atomic mass is 10.1. The number of nitro groups is 1. The smallest absolute Gasteiger partial charge is 0.293 e. The lowest BCUT2D eigenvalue weighted by Crippen LogP contribution is -2.28. The first-order valence-corrected chi connectivity index (χ1v) is 11.0. The van der Waals surface area contributed by atoms with Crippen LogP contribution in [0.4, 0.5) is 11.4 Å². The maximum Gasteiger partial charge on any atom is 0.293 e. The minimum Gasteiger partial charge on any atom is -0.378 e. The summed E-state index contributed by atoms with van der Waals surface area (Å²) in [7, 11) is 0.182. The first-order chi connectivity index (χ1) is 13.8. The third-order valence-electron chi connectivity index (χ3n) is 5.16. The molecule has 2 aromatic rings. The summed E-state index contributed by atoms with van der Waals surface area (Å²) in [4.78, 5) is 13.1. The quantitative estimate of drug-likeness (QED) is 0.523. The number of nitro benzene ring substituents is 1. The van der Waals surface area contributed by atoms with Crippen LogP contribution in [0.15, 0.2) is 53.4 Å². The van der Waals surface area contributed by atoms with Crippen LogP contribution < -0.4 is 5.32 Å². The number of nitrogens with zero attached hydrogens (tertiary/aromatic N) is 3. The molecule has 1 aliphatic heterocycles. The standard InChI is InChI=1S/C20H26N4O4S/c1-22(2)20(16-8-4-3-5-9-16)15-21-18-11-10-17(14-19(18)24(25)26)29(27,28)23-12-6-7-13-23/h3-5,8-11,14,20-21H,6-7,12-13,15H2,1-2H3/t20-/m1/s1. The van der Waals surface area contributed by atoms with Crippen LogP contribution in [0.2, 0.25) is 0 Å². The van der Waals surface area contributed by atoms with Gasteiger partial charge in [0.2, 0.25) is 10.0 Å². The van der Waals surface area contributed by atoms with Crippen molar-refractivity contribution in [2.45, 2.75) is 23.8 Å². The second-order valence-electron chi connectivity index (χ2n) is 7.32. The van der Waals surface area contributed by atoms with Gasteiger partial charge in [-0.25, -0.2) is 8.42 Å². The molecule has 1 N–H and O–H groups in total. The van der Waals surface area contributed by atoms with Crippen molar-refractivity contribution in [3.05, 3.63) is 64.2 Å². The topological polar surface area (TPSA) is 95.8 Å². The van der Waals surface area contributed by atoms with Gasteiger partial charge in [-0.3, -0.25) is 10.1 Å². The van der Waals surface area contributed by atoms with Gasteiger partial charge in [0.15, 0.2) is 0 Å². The van der Waals surface area contributed by atoms with Gasteiger partial charge in [0.1, 0.15) is 5.69 Å². The van der Waals surface area contributed by atoms with Gasteiger partial charge in [0.05, 0.1) is 15.9 Å². The highest BCUT2D eigenvalue weighted by molar-refractivity contribution is 7.89. The van der Waals surface area contributed by atoms with Gasteiger partial charge in [-0.2, -0.15) is 4.31 Å². The van der Waals surface area contributed by atoms with E-state index in [2.05, 4.69) is 5.32 Å². The van der Waals surface area contributed by atoms with Crippen molar-refractivity contribution in [3.8, 4) is 0 Å².